The lowest BCUT2D eigenvalue weighted by Crippen LogP contribution is -2.33. The van der Waals surface area contributed by atoms with Gasteiger partial charge in [0.25, 0.3) is 11.6 Å². The highest BCUT2D eigenvalue weighted by molar-refractivity contribution is 6.19. The Morgan fingerprint density at radius 2 is 1.95 bits per heavy atom. The topological polar surface area (TPSA) is 83.8 Å². The van der Waals surface area contributed by atoms with Crippen molar-refractivity contribution >= 4 is 23.3 Å². The van der Waals surface area contributed by atoms with Gasteiger partial charge in [-0.3, -0.25) is 14.9 Å². The van der Waals surface area contributed by atoms with E-state index in [1.54, 1.807) is 0 Å². The minimum atomic E-state index is -0.554. The molecule has 1 saturated heterocycles. The SMILES string of the molecule is C#CCN1CC(=O)N(c2ccc([N+](=O)[O-])cc2)C1=O. The van der Waals surface area contributed by atoms with Crippen LogP contribution < -0.4 is 4.90 Å². The average Bonchev–Trinajstić information content (AvgIpc) is 2.65. The molecule has 3 amide bonds. The Kier molecular flexibility index (Phi) is 3.16. The zero-order valence-electron chi connectivity index (χ0n) is 9.78. The van der Waals surface area contributed by atoms with Crippen LogP contribution in [0, 0.1) is 22.5 Å². The lowest BCUT2D eigenvalue weighted by Gasteiger charge is -2.14. The smallest absolute Gasteiger partial charge is 0.303 e. The maximum absolute atomic E-state index is 11.9. The highest BCUT2D eigenvalue weighted by Gasteiger charge is 2.36. The predicted molar refractivity (Wildman–Crippen MR) is 66.4 cm³/mol. The summed E-state index contributed by atoms with van der Waals surface area (Å²) in [7, 11) is 0. The van der Waals surface area contributed by atoms with Gasteiger partial charge in [-0.15, -0.1) is 6.42 Å². The Hall–Kier alpha value is -2.88. The van der Waals surface area contributed by atoms with Crippen molar-refractivity contribution in [3.05, 3.63) is 34.4 Å². The van der Waals surface area contributed by atoms with Crippen LogP contribution in [0.1, 0.15) is 0 Å². The predicted octanol–water partition coefficient (Wildman–Crippen LogP) is 0.997. The van der Waals surface area contributed by atoms with Gasteiger partial charge in [-0.1, -0.05) is 5.92 Å². The number of non-ortho nitro benzene ring substituents is 1. The van der Waals surface area contributed by atoms with Gasteiger partial charge in [0.1, 0.15) is 6.54 Å². The van der Waals surface area contributed by atoms with Crippen LogP contribution in [0.5, 0.6) is 0 Å². The standard InChI is InChI=1S/C12H9N3O4/c1-2-7-13-8-11(16)14(12(13)17)9-3-5-10(6-4-9)15(18)19/h1,3-6H,7-8H2. The summed E-state index contributed by atoms with van der Waals surface area (Å²) in [6.45, 7) is -0.0337. The van der Waals surface area contributed by atoms with Crippen molar-refractivity contribution < 1.29 is 14.5 Å². The molecule has 0 saturated carbocycles. The number of amides is 3. The van der Waals surface area contributed by atoms with E-state index >= 15 is 0 Å². The van der Waals surface area contributed by atoms with E-state index in [1.165, 1.54) is 29.2 Å². The number of rotatable bonds is 3. The number of nitro benzene ring substituents is 1. The van der Waals surface area contributed by atoms with Gasteiger partial charge >= 0.3 is 6.03 Å². The molecule has 1 fully saturated rings. The van der Waals surface area contributed by atoms with Gasteiger partial charge < -0.3 is 4.90 Å². The van der Waals surface area contributed by atoms with E-state index in [9.17, 15) is 19.7 Å². The summed E-state index contributed by atoms with van der Waals surface area (Å²) in [5.41, 5.74) is 0.184. The van der Waals surface area contributed by atoms with Crippen molar-refractivity contribution in [2.75, 3.05) is 18.0 Å². The van der Waals surface area contributed by atoms with Crippen molar-refractivity contribution in [3.63, 3.8) is 0 Å². The van der Waals surface area contributed by atoms with Crippen LogP contribution >= 0.6 is 0 Å². The van der Waals surface area contributed by atoms with Gasteiger partial charge in [-0.25, -0.2) is 9.69 Å². The number of anilines is 1. The first-order chi connectivity index (χ1) is 9.04. The number of carbonyl (C=O) groups is 2. The van der Waals surface area contributed by atoms with Gasteiger partial charge in [0.2, 0.25) is 0 Å². The third-order valence-corrected chi connectivity index (χ3v) is 2.64. The first kappa shape index (κ1) is 12.6. The Morgan fingerprint density at radius 1 is 1.32 bits per heavy atom. The number of carbonyl (C=O) groups excluding carboxylic acids is 2. The summed E-state index contributed by atoms with van der Waals surface area (Å²) in [5.74, 6) is 1.89. The summed E-state index contributed by atoms with van der Waals surface area (Å²) in [4.78, 5) is 35.8. The monoisotopic (exact) mass is 259 g/mol. The van der Waals surface area contributed by atoms with Gasteiger partial charge in [-0.05, 0) is 12.1 Å². The number of benzene rings is 1. The van der Waals surface area contributed by atoms with E-state index in [1.807, 2.05) is 0 Å². The number of terminal acetylenes is 1. The quantitative estimate of drug-likeness (QED) is 0.351. The van der Waals surface area contributed by atoms with Gasteiger partial charge in [0.15, 0.2) is 0 Å². The number of nitrogens with zero attached hydrogens (tertiary/aromatic N) is 3. The van der Waals surface area contributed by atoms with Crippen LogP contribution in [-0.4, -0.2) is 34.9 Å². The highest BCUT2D eigenvalue weighted by Crippen LogP contribution is 2.23. The number of urea groups is 1. The van der Waals surface area contributed by atoms with Crippen molar-refractivity contribution in [1.82, 2.24) is 4.90 Å². The number of hydrogen-bond donors (Lipinski definition) is 0. The summed E-state index contributed by atoms with van der Waals surface area (Å²) >= 11 is 0. The molecule has 0 spiro atoms. The molecular weight excluding hydrogens is 250 g/mol. The minimum absolute atomic E-state index is 0.0497. The maximum Gasteiger partial charge on any atom is 0.332 e. The molecule has 1 heterocycles. The Balaban J connectivity index is 2.27. The molecule has 0 N–H and O–H groups in total. The van der Waals surface area contributed by atoms with E-state index in [-0.39, 0.29) is 18.8 Å². The first-order valence-corrected chi connectivity index (χ1v) is 5.34. The van der Waals surface area contributed by atoms with Crippen LogP contribution in [0.2, 0.25) is 0 Å². The van der Waals surface area contributed by atoms with Gasteiger partial charge in [0.05, 0.1) is 17.2 Å². The summed E-state index contributed by atoms with van der Waals surface area (Å²) in [6, 6.07) is 4.66. The molecule has 1 aromatic rings. The van der Waals surface area contributed by atoms with Crippen LogP contribution in [0.25, 0.3) is 0 Å². The Morgan fingerprint density at radius 3 is 2.47 bits per heavy atom. The summed E-state index contributed by atoms with van der Waals surface area (Å²) in [5, 5.41) is 10.5. The van der Waals surface area contributed by atoms with E-state index in [0.29, 0.717) is 5.69 Å². The molecule has 7 nitrogen and oxygen atoms in total. The molecule has 1 aliphatic heterocycles. The van der Waals surface area contributed by atoms with Gasteiger partial charge in [-0.2, -0.15) is 0 Å². The van der Waals surface area contributed by atoms with E-state index < -0.39 is 16.9 Å². The van der Waals surface area contributed by atoms with Crippen LogP contribution in [0.4, 0.5) is 16.2 Å². The normalized spacial score (nSPS) is 14.7. The largest absolute Gasteiger partial charge is 0.332 e. The van der Waals surface area contributed by atoms with E-state index in [0.717, 1.165) is 4.90 Å². The molecule has 0 atom stereocenters. The fourth-order valence-electron chi connectivity index (χ4n) is 1.76. The van der Waals surface area contributed by atoms with Crippen molar-refractivity contribution in [1.29, 1.82) is 0 Å². The fraction of sp³-hybridized carbons (Fsp3) is 0.167. The minimum Gasteiger partial charge on any atom is -0.303 e. The maximum atomic E-state index is 11.9. The van der Waals surface area contributed by atoms with Gasteiger partial charge in [0, 0.05) is 12.1 Å². The molecule has 0 radical (unpaired) electrons. The molecule has 19 heavy (non-hydrogen) atoms. The van der Waals surface area contributed by atoms with Crippen LogP contribution in [0.3, 0.4) is 0 Å². The Labute approximate surface area is 108 Å². The van der Waals surface area contributed by atoms with Crippen molar-refractivity contribution in [3.8, 4) is 12.3 Å². The zero-order chi connectivity index (χ0) is 14.0. The fourth-order valence-corrected chi connectivity index (χ4v) is 1.76. The highest BCUT2D eigenvalue weighted by atomic mass is 16.6. The average molecular weight is 259 g/mol. The molecular formula is C12H9N3O4. The summed E-state index contributed by atoms with van der Waals surface area (Å²) in [6.07, 6.45) is 5.10. The number of hydrogen-bond acceptors (Lipinski definition) is 4. The summed E-state index contributed by atoms with van der Waals surface area (Å²) < 4.78 is 0. The molecule has 0 aliphatic carbocycles. The second-order valence-electron chi connectivity index (χ2n) is 3.85. The molecule has 0 bridgehead atoms. The van der Waals surface area contributed by atoms with Crippen molar-refractivity contribution in [2.24, 2.45) is 0 Å². The molecule has 1 aliphatic rings. The first-order valence-electron chi connectivity index (χ1n) is 5.34. The third kappa shape index (κ3) is 2.24. The second-order valence-corrected chi connectivity index (χ2v) is 3.85. The van der Waals surface area contributed by atoms with E-state index in [4.69, 9.17) is 6.42 Å². The lowest BCUT2D eigenvalue weighted by atomic mass is 10.2. The molecule has 2 rings (SSSR count). The van der Waals surface area contributed by atoms with Crippen LogP contribution in [0.15, 0.2) is 24.3 Å². The van der Waals surface area contributed by atoms with E-state index in [2.05, 4.69) is 5.92 Å². The van der Waals surface area contributed by atoms with Crippen molar-refractivity contribution in [2.45, 2.75) is 0 Å². The second kappa shape index (κ2) is 4.78. The molecule has 1 aromatic carbocycles. The molecule has 0 unspecified atom stereocenters. The molecule has 0 aromatic heterocycles. The number of imide groups is 1. The third-order valence-electron chi connectivity index (χ3n) is 2.64. The molecule has 96 valence electrons. The number of nitro groups is 1. The molecule has 7 heteroatoms. The van der Waals surface area contributed by atoms with Crippen LogP contribution in [-0.2, 0) is 4.79 Å². The zero-order valence-corrected chi connectivity index (χ0v) is 9.78. The lowest BCUT2D eigenvalue weighted by molar-refractivity contribution is -0.384. The Bertz CT molecular complexity index is 588.